The molecule has 1 saturated heterocycles. The lowest BCUT2D eigenvalue weighted by molar-refractivity contribution is 0.0950. The van der Waals surface area contributed by atoms with Crippen LogP contribution in [-0.2, 0) is 0 Å². The molecule has 0 aromatic carbocycles. The Hall–Kier alpha value is 0.690. The topological polar surface area (TPSA) is 3.24 Å². The van der Waals surface area contributed by atoms with E-state index in [1.54, 1.807) is 0 Å². The van der Waals surface area contributed by atoms with Crippen LogP contribution in [0.25, 0.3) is 0 Å². The van der Waals surface area contributed by atoms with Gasteiger partial charge in [-0.05, 0) is 37.0 Å². The zero-order valence-corrected chi connectivity index (χ0v) is 10.7. The monoisotopic (exact) mass is 293 g/mol. The van der Waals surface area contributed by atoms with Gasteiger partial charge < -0.3 is 0 Å². The van der Waals surface area contributed by atoms with Gasteiger partial charge in [0.15, 0.2) is 0 Å². The molecular weight excluding hydrogens is 273 g/mol. The van der Waals surface area contributed by atoms with E-state index in [9.17, 15) is 0 Å². The van der Waals surface area contributed by atoms with E-state index in [-0.39, 0.29) is 0 Å². The van der Waals surface area contributed by atoms with Crippen molar-refractivity contribution < 1.29 is 0 Å². The molecule has 1 atom stereocenters. The second-order valence-corrected chi connectivity index (χ2v) is 6.32. The first-order chi connectivity index (χ1) is 6.24. The predicted molar refractivity (Wildman–Crippen MR) is 64.9 cm³/mol. The average molecular weight is 293 g/mol. The van der Waals surface area contributed by atoms with Crippen LogP contribution in [0.5, 0.6) is 0 Å². The molecule has 13 heavy (non-hydrogen) atoms. The molecule has 1 spiro atoms. The first kappa shape index (κ1) is 10.2. The summed E-state index contributed by atoms with van der Waals surface area (Å²) in [7, 11) is 0. The van der Waals surface area contributed by atoms with Crippen LogP contribution in [-0.4, -0.2) is 16.2 Å². The van der Waals surface area contributed by atoms with E-state index in [2.05, 4.69) is 32.9 Å². The summed E-state index contributed by atoms with van der Waals surface area (Å²) in [6.07, 6.45) is 8.90. The number of rotatable bonds is 1. The van der Waals surface area contributed by atoms with Crippen molar-refractivity contribution in [2.24, 2.45) is 11.3 Å². The van der Waals surface area contributed by atoms with Crippen molar-refractivity contribution in [2.75, 3.05) is 13.1 Å². The average Bonchev–Trinajstić information content (AvgIpc) is 2.23. The van der Waals surface area contributed by atoms with Gasteiger partial charge in [-0.1, -0.05) is 19.8 Å². The molecule has 2 aliphatic rings. The Morgan fingerprint density at radius 3 is 2.69 bits per heavy atom. The van der Waals surface area contributed by atoms with Gasteiger partial charge in [-0.25, -0.2) is 3.11 Å². The van der Waals surface area contributed by atoms with Crippen LogP contribution < -0.4 is 0 Å². The Morgan fingerprint density at radius 1 is 1.38 bits per heavy atom. The lowest BCUT2D eigenvalue weighted by Crippen LogP contribution is -2.31. The molecule has 1 aliphatic heterocycles. The van der Waals surface area contributed by atoms with Crippen LogP contribution in [0.1, 0.15) is 45.4 Å². The Labute approximate surface area is 95.8 Å². The summed E-state index contributed by atoms with van der Waals surface area (Å²) in [6.45, 7) is 5.02. The Balaban J connectivity index is 1.99. The van der Waals surface area contributed by atoms with Crippen LogP contribution in [0.2, 0.25) is 0 Å². The van der Waals surface area contributed by atoms with Gasteiger partial charge in [0.1, 0.15) is 0 Å². The highest BCUT2D eigenvalue weighted by Crippen LogP contribution is 2.50. The van der Waals surface area contributed by atoms with Gasteiger partial charge in [0.05, 0.1) is 0 Å². The fourth-order valence-electron chi connectivity index (χ4n) is 2.91. The normalized spacial score (nSPS) is 34.2. The van der Waals surface area contributed by atoms with Crippen molar-refractivity contribution >= 4 is 22.9 Å². The fourth-order valence-corrected chi connectivity index (χ4v) is 3.71. The maximum Gasteiger partial charge on any atom is 0.0201 e. The quantitative estimate of drug-likeness (QED) is 0.527. The Morgan fingerprint density at radius 2 is 2.15 bits per heavy atom. The molecule has 1 aliphatic carbocycles. The van der Waals surface area contributed by atoms with Crippen molar-refractivity contribution in [1.82, 2.24) is 3.11 Å². The molecule has 1 nitrogen and oxygen atoms in total. The summed E-state index contributed by atoms with van der Waals surface area (Å²) in [5.74, 6) is 0.972. The van der Waals surface area contributed by atoms with E-state index < -0.39 is 0 Å². The highest BCUT2D eigenvalue weighted by molar-refractivity contribution is 14.1. The van der Waals surface area contributed by atoms with E-state index in [1.165, 1.54) is 51.6 Å². The standard InChI is InChI=1S/C11H20IN/c1-2-10-8-11(4-3-5-11)6-7-13(12)9-10/h10H,2-9H2,1H3/t10-/m0/s1. The third-order valence-corrected chi connectivity index (χ3v) is 4.93. The zero-order chi connectivity index (χ0) is 9.31. The summed E-state index contributed by atoms with van der Waals surface area (Å²) >= 11 is 2.51. The second kappa shape index (κ2) is 4.05. The van der Waals surface area contributed by atoms with Crippen LogP contribution in [0.15, 0.2) is 0 Å². The molecule has 2 rings (SSSR count). The molecule has 0 radical (unpaired) electrons. The summed E-state index contributed by atoms with van der Waals surface area (Å²) in [4.78, 5) is 0. The molecule has 0 N–H and O–H groups in total. The van der Waals surface area contributed by atoms with Crippen molar-refractivity contribution in [1.29, 1.82) is 0 Å². The largest absolute Gasteiger partial charge is 0.247 e. The number of nitrogens with zero attached hydrogens (tertiary/aromatic N) is 1. The van der Waals surface area contributed by atoms with Crippen molar-refractivity contribution in [3.8, 4) is 0 Å². The van der Waals surface area contributed by atoms with E-state index in [0.717, 1.165) is 11.3 Å². The van der Waals surface area contributed by atoms with Gasteiger partial charge in [-0.2, -0.15) is 0 Å². The summed E-state index contributed by atoms with van der Waals surface area (Å²) < 4.78 is 2.51. The third kappa shape index (κ3) is 2.20. The van der Waals surface area contributed by atoms with Crippen LogP contribution in [0, 0.1) is 11.3 Å². The molecule has 0 unspecified atom stereocenters. The van der Waals surface area contributed by atoms with E-state index in [0.29, 0.717) is 0 Å². The smallest absolute Gasteiger partial charge is 0.0201 e. The molecule has 1 heterocycles. The highest BCUT2D eigenvalue weighted by Gasteiger charge is 2.40. The van der Waals surface area contributed by atoms with Crippen LogP contribution in [0.4, 0.5) is 0 Å². The fraction of sp³-hybridized carbons (Fsp3) is 1.00. The molecule has 1 saturated carbocycles. The van der Waals surface area contributed by atoms with Crippen molar-refractivity contribution in [2.45, 2.75) is 45.4 Å². The number of hydrogen-bond acceptors (Lipinski definition) is 1. The lowest BCUT2D eigenvalue weighted by Gasteiger charge is -2.42. The number of halogens is 1. The molecule has 76 valence electrons. The first-order valence-corrected chi connectivity index (χ1v) is 6.61. The minimum absolute atomic E-state index is 0.792. The highest BCUT2D eigenvalue weighted by atomic mass is 127. The van der Waals surface area contributed by atoms with Crippen molar-refractivity contribution in [3.63, 3.8) is 0 Å². The van der Waals surface area contributed by atoms with Crippen LogP contribution in [0.3, 0.4) is 0 Å². The second-order valence-electron chi connectivity index (χ2n) is 4.95. The molecule has 2 fully saturated rings. The van der Waals surface area contributed by atoms with Gasteiger partial charge in [-0.3, -0.25) is 0 Å². The summed E-state index contributed by atoms with van der Waals surface area (Å²) in [5, 5.41) is 0. The van der Waals surface area contributed by atoms with E-state index in [4.69, 9.17) is 0 Å². The minimum atomic E-state index is 0.792. The van der Waals surface area contributed by atoms with Gasteiger partial charge in [-0.15, -0.1) is 0 Å². The van der Waals surface area contributed by atoms with E-state index in [1.807, 2.05) is 0 Å². The van der Waals surface area contributed by atoms with Gasteiger partial charge >= 0.3 is 0 Å². The molecular formula is C11H20IN. The van der Waals surface area contributed by atoms with Gasteiger partial charge in [0, 0.05) is 36.0 Å². The minimum Gasteiger partial charge on any atom is -0.247 e. The summed E-state index contributed by atoms with van der Waals surface area (Å²) in [5.41, 5.74) is 0.792. The van der Waals surface area contributed by atoms with E-state index >= 15 is 0 Å². The zero-order valence-electron chi connectivity index (χ0n) is 8.56. The predicted octanol–water partition coefficient (Wildman–Crippen LogP) is 3.63. The number of hydrogen-bond donors (Lipinski definition) is 0. The molecule has 0 aromatic rings. The maximum absolute atomic E-state index is 2.51. The van der Waals surface area contributed by atoms with Crippen molar-refractivity contribution in [3.05, 3.63) is 0 Å². The SMILES string of the molecule is CC[C@@H]1CN(I)CCC2(CCC2)C1. The Bertz CT molecular complexity index is 177. The van der Waals surface area contributed by atoms with Crippen LogP contribution >= 0.6 is 22.9 Å². The molecule has 0 bridgehead atoms. The Kier molecular flexibility index (Phi) is 3.18. The van der Waals surface area contributed by atoms with Gasteiger partial charge in [0.25, 0.3) is 0 Å². The molecule has 0 amide bonds. The maximum atomic E-state index is 2.51. The third-order valence-electron chi connectivity index (χ3n) is 4.05. The first-order valence-electron chi connectivity index (χ1n) is 5.65. The lowest BCUT2D eigenvalue weighted by atomic mass is 9.63. The summed E-state index contributed by atoms with van der Waals surface area (Å²) in [6, 6.07) is 0. The van der Waals surface area contributed by atoms with Gasteiger partial charge in [0.2, 0.25) is 0 Å². The molecule has 2 heteroatoms. The molecule has 0 aromatic heterocycles.